The summed E-state index contributed by atoms with van der Waals surface area (Å²) < 4.78 is 10.6. The molecule has 7 heteroatoms. The zero-order valence-electron chi connectivity index (χ0n) is 14.7. The van der Waals surface area contributed by atoms with Crippen molar-refractivity contribution in [3.05, 3.63) is 57.1 Å². The summed E-state index contributed by atoms with van der Waals surface area (Å²) >= 11 is 0. The molecule has 2 aromatic carbocycles. The third-order valence-electron chi connectivity index (χ3n) is 3.67. The number of nitro groups is 1. The summed E-state index contributed by atoms with van der Waals surface area (Å²) in [7, 11) is 1.37. The number of anilines is 1. The van der Waals surface area contributed by atoms with Crippen molar-refractivity contribution in [1.29, 1.82) is 0 Å². The molecular weight excluding hydrogens is 322 g/mol. The lowest BCUT2D eigenvalue weighted by atomic mass is 10.1. The fourth-order valence-electron chi connectivity index (χ4n) is 2.28. The van der Waals surface area contributed by atoms with Crippen LogP contribution in [0.2, 0.25) is 0 Å². The minimum absolute atomic E-state index is 0.103. The Bertz CT molecular complexity index is 803. The molecule has 0 radical (unpaired) electrons. The molecule has 7 nitrogen and oxygen atoms in total. The van der Waals surface area contributed by atoms with Gasteiger partial charge in [0.1, 0.15) is 0 Å². The van der Waals surface area contributed by atoms with E-state index in [9.17, 15) is 10.1 Å². The summed E-state index contributed by atoms with van der Waals surface area (Å²) in [6, 6.07) is 8.95. The van der Waals surface area contributed by atoms with Crippen LogP contribution >= 0.6 is 0 Å². The highest BCUT2D eigenvalue weighted by Gasteiger charge is 2.21. The van der Waals surface area contributed by atoms with Crippen LogP contribution in [-0.2, 0) is 0 Å². The summed E-state index contributed by atoms with van der Waals surface area (Å²) in [4.78, 5) is 10.8. The van der Waals surface area contributed by atoms with Crippen LogP contribution in [0.5, 0.6) is 11.5 Å². The molecule has 0 saturated heterocycles. The van der Waals surface area contributed by atoms with Gasteiger partial charge in [0.2, 0.25) is 5.75 Å². The maximum atomic E-state index is 11.3. The van der Waals surface area contributed by atoms with Gasteiger partial charge in [0, 0.05) is 11.6 Å². The molecule has 0 aliphatic rings. The maximum absolute atomic E-state index is 11.3. The molecule has 2 rings (SSSR count). The molecule has 132 valence electrons. The van der Waals surface area contributed by atoms with E-state index in [-0.39, 0.29) is 11.4 Å². The molecular formula is C18H21N3O4. The number of hydrogen-bond donors (Lipinski definition) is 1. The maximum Gasteiger partial charge on any atom is 0.315 e. The van der Waals surface area contributed by atoms with E-state index in [0.29, 0.717) is 17.9 Å². The number of nitrogens with one attached hydrogen (secondary N) is 1. The molecule has 0 bridgehead atoms. The van der Waals surface area contributed by atoms with Gasteiger partial charge in [-0.3, -0.25) is 15.5 Å². The van der Waals surface area contributed by atoms with Gasteiger partial charge in [-0.25, -0.2) is 0 Å². The van der Waals surface area contributed by atoms with E-state index in [2.05, 4.69) is 10.5 Å². The Labute approximate surface area is 146 Å². The largest absolute Gasteiger partial charge is 0.490 e. The van der Waals surface area contributed by atoms with Crippen molar-refractivity contribution < 1.29 is 14.4 Å². The molecule has 0 aromatic heterocycles. The second-order valence-electron chi connectivity index (χ2n) is 5.43. The average Bonchev–Trinajstić information content (AvgIpc) is 2.58. The first-order chi connectivity index (χ1) is 12.0. The van der Waals surface area contributed by atoms with Gasteiger partial charge in [-0.15, -0.1) is 0 Å². The van der Waals surface area contributed by atoms with Gasteiger partial charge in [-0.05, 0) is 50.1 Å². The molecule has 25 heavy (non-hydrogen) atoms. The highest BCUT2D eigenvalue weighted by atomic mass is 16.6. The van der Waals surface area contributed by atoms with Crippen LogP contribution in [-0.4, -0.2) is 24.9 Å². The number of aryl methyl sites for hydroxylation is 2. The lowest BCUT2D eigenvalue weighted by Gasteiger charge is -2.10. The van der Waals surface area contributed by atoms with Crippen LogP contribution in [0.1, 0.15) is 23.6 Å². The minimum atomic E-state index is -0.505. The van der Waals surface area contributed by atoms with E-state index in [1.165, 1.54) is 25.0 Å². The van der Waals surface area contributed by atoms with Crippen molar-refractivity contribution in [2.75, 3.05) is 19.1 Å². The summed E-state index contributed by atoms with van der Waals surface area (Å²) in [5, 5.41) is 15.4. The molecule has 2 aromatic rings. The quantitative estimate of drug-likeness (QED) is 0.465. The summed E-state index contributed by atoms with van der Waals surface area (Å²) in [6.07, 6.45) is 1.50. The third-order valence-corrected chi connectivity index (χ3v) is 3.67. The van der Waals surface area contributed by atoms with Crippen LogP contribution in [0.25, 0.3) is 0 Å². The van der Waals surface area contributed by atoms with E-state index in [1.807, 2.05) is 32.0 Å². The number of benzene rings is 2. The van der Waals surface area contributed by atoms with Crippen molar-refractivity contribution in [3.8, 4) is 11.5 Å². The number of hydrogen-bond acceptors (Lipinski definition) is 6. The average molecular weight is 343 g/mol. The number of methoxy groups -OCH3 is 1. The SMILES string of the molecule is CCOc1cc(/C=N/Nc2ccc(C)c(C)c2)cc([N+](=O)[O-])c1OC. The number of hydrazone groups is 1. The van der Waals surface area contributed by atoms with Crippen LogP contribution in [0.4, 0.5) is 11.4 Å². The van der Waals surface area contributed by atoms with Crippen LogP contribution in [0.3, 0.4) is 0 Å². The van der Waals surface area contributed by atoms with Crippen molar-refractivity contribution in [3.63, 3.8) is 0 Å². The molecule has 0 heterocycles. The van der Waals surface area contributed by atoms with Gasteiger partial charge in [-0.2, -0.15) is 5.10 Å². The van der Waals surface area contributed by atoms with E-state index in [0.717, 1.165) is 11.3 Å². The normalized spacial score (nSPS) is 10.7. The smallest absolute Gasteiger partial charge is 0.315 e. The highest BCUT2D eigenvalue weighted by molar-refractivity contribution is 5.83. The van der Waals surface area contributed by atoms with Gasteiger partial charge < -0.3 is 9.47 Å². The highest BCUT2D eigenvalue weighted by Crippen LogP contribution is 2.37. The second kappa shape index (κ2) is 8.14. The number of nitro benzene ring substituents is 1. The van der Waals surface area contributed by atoms with Gasteiger partial charge in [0.05, 0.1) is 30.5 Å². The van der Waals surface area contributed by atoms with Crippen LogP contribution in [0.15, 0.2) is 35.4 Å². The standard InChI is InChI=1S/C18H21N3O4/c1-5-25-17-10-14(9-16(21(22)23)18(17)24-4)11-19-20-15-7-6-12(2)13(3)8-15/h6-11,20H,5H2,1-4H3/b19-11+. The van der Waals surface area contributed by atoms with Gasteiger partial charge in [0.25, 0.3) is 0 Å². The predicted octanol–water partition coefficient (Wildman–Crippen LogP) is 4.06. The first kappa shape index (κ1) is 18.3. The molecule has 1 N–H and O–H groups in total. The third kappa shape index (κ3) is 4.47. The number of ether oxygens (including phenoxy) is 2. The molecule has 0 aliphatic heterocycles. The Morgan fingerprint density at radius 2 is 2.00 bits per heavy atom. The number of nitrogens with zero attached hydrogens (tertiary/aromatic N) is 2. The fourth-order valence-corrected chi connectivity index (χ4v) is 2.28. The molecule has 0 atom stereocenters. The van der Waals surface area contributed by atoms with Gasteiger partial charge >= 0.3 is 5.69 Å². The van der Waals surface area contributed by atoms with Crippen molar-refractivity contribution in [2.45, 2.75) is 20.8 Å². The van der Waals surface area contributed by atoms with Crippen LogP contribution < -0.4 is 14.9 Å². The van der Waals surface area contributed by atoms with Crippen molar-refractivity contribution in [1.82, 2.24) is 0 Å². The summed E-state index contributed by atoms with van der Waals surface area (Å²) in [5.41, 5.74) is 6.47. The molecule has 0 saturated carbocycles. The Morgan fingerprint density at radius 3 is 2.60 bits per heavy atom. The molecule has 0 spiro atoms. The Balaban J connectivity index is 2.28. The van der Waals surface area contributed by atoms with Gasteiger partial charge in [-0.1, -0.05) is 6.07 Å². The van der Waals surface area contributed by atoms with E-state index < -0.39 is 4.92 Å². The van der Waals surface area contributed by atoms with Crippen molar-refractivity contribution >= 4 is 17.6 Å². The first-order valence-corrected chi connectivity index (χ1v) is 7.81. The Morgan fingerprint density at radius 1 is 1.24 bits per heavy atom. The van der Waals surface area contributed by atoms with E-state index >= 15 is 0 Å². The zero-order valence-corrected chi connectivity index (χ0v) is 14.7. The lowest BCUT2D eigenvalue weighted by molar-refractivity contribution is -0.385. The molecule has 0 amide bonds. The summed E-state index contributed by atoms with van der Waals surface area (Å²) in [6.45, 7) is 6.22. The monoisotopic (exact) mass is 343 g/mol. The Kier molecular flexibility index (Phi) is 5.94. The minimum Gasteiger partial charge on any atom is -0.490 e. The van der Waals surface area contributed by atoms with E-state index in [1.54, 1.807) is 13.0 Å². The number of rotatable bonds is 7. The molecule has 0 fully saturated rings. The summed E-state index contributed by atoms with van der Waals surface area (Å²) in [5.74, 6) is 0.415. The Hall–Kier alpha value is -3.09. The van der Waals surface area contributed by atoms with Gasteiger partial charge in [0.15, 0.2) is 5.75 Å². The molecule has 0 unspecified atom stereocenters. The lowest BCUT2D eigenvalue weighted by Crippen LogP contribution is -2.01. The second-order valence-corrected chi connectivity index (χ2v) is 5.43. The zero-order chi connectivity index (χ0) is 18.4. The van der Waals surface area contributed by atoms with E-state index in [4.69, 9.17) is 9.47 Å². The topological polar surface area (TPSA) is 86.0 Å². The van der Waals surface area contributed by atoms with Crippen molar-refractivity contribution in [2.24, 2.45) is 5.10 Å². The van der Waals surface area contributed by atoms with Crippen LogP contribution in [0, 0.1) is 24.0 Å². The predicted molar refractivity (Wildman–Crippen MR) is 98.0 cm³/mol. The molecule has 0 aliphatic carbocycles. The fraction of sp³-hybridized carbons (Fsp3) is 0.278. The first-order valence-electron chi connectivity index (χ1n) is 7.81.